The summed E-state index contributed by atoms with van der Waals surface area (Å²) in [6.45, 7) is 3.35. The SMILES string of the molecule is CN1CCN(C(=O)CC(C#N)c2ccccc2)CC1. The molecule has 100 valence electrons. The Morgan fingerprint density at radius 1 is 1.26 bits per heavy atom. The van der Waals surface area contributed by atoms with Gasteiger partial charge in [-0.2, -0.15) is 5.26 Å². The first kappa shape index (κ1) is 13.6. The molecule has 0 bridgehead atoms. The van der Waals surface area contributed by atoms with Crippen LogP contribution in [0.1, 0.15) is 17.9 Å². The van der Waals surface area contributed by atoms with Crippen molar-refractivity contribution >= 4 is 5.91 Å². The molecule has 1 fully saturated rings. The van der Waals surface area contributed by atoms with E-state index in [0.717, 1.165) is 31.7 Å². The minimum atomic E-state index is -0.339. The van der Waals surface area contributed by atoms with E-state index < -0.39 is 0 Å². The van der Waals surface area contributed by atoms with Crippen LogP contribution in [0, 0.1) is 11.3 Å². The summed E-state index contributed by atoms with van der Waals surface area (Å²) in [5.74, 6) is -0.253. The van der Waals surface area contributed by atoms with Crippen LogP contribution in [0.15, 0.2) is 30.3 Å². The maximum atomic E-state index is 12.2. The Bertz CT molecular complexity index is 458. The smallest absolute Gasteiger partial charge is 0.224 e. The summed E-state index contributed by atoms with van der Waals surface area (Å²) in [5.41, 5.74) is 0.924. The van der Waals surface area contributed by atoms with Crippen molar-refractivity contribution in [2.45, 2.75) is 12.3 Å². The number of carbonyl (C=O) groups excluding carboxylic acids is 1. The monoisotopic (exact) mass is 257 g/mol. The molecule has 0 spiro atoms. The van der Waals surface area contributed by atoms with Gasteiger partial charge < -0.3 is 9.80 Å². The standard InChI is InChI=1S/C15H19N3O/c1-17-7-9-18(10-8-17)15(19)11-14(12-16)13-5-3-2-4-6-13/h2-6,14H,7-11H2,1H3. The molecule has 0 aromatic heterocycles. The highest BCUT2D eigenvalue weighted by Gasteiger charge is 2.22. The fourth-order valence-corrected chi connectivity index (χ4v) is 2.28. The van der Waals surface area contributed by atoms with Gasteiger partial charge in [0, 0.05) is 32.6 Å². The molecule has 4 nitrogen and oxygen atoms in total. The van der Waals surface area contributed by atoms with E-state index in [0.29, 0.717) is 0 Å². The van der Waals surface area contributed by atoms with Crippen LogP contribution < -0.4 is 0 Å². The fraction of sp³-hybridized carbons (Fsp3) is 0.467. The molecule has 1 aliphatic rings. The van der Waals surface area contributed by atoms with Crippen molar-refractivity contribution in [2.75, 3.05) is 33.2 Å². The lowest BCUT2D eigenvalue weighted by Gasteiger charge is -2.32. The Morgan fingerprint density at radius 3 is 2.47 bits per heavy atom. The van der Waals surface area contributed by atoms with E-state index >= 15 is 0 Å². The van der Waals surface area contributed by atoms with Gasteiger partial charge in [-0.25, -0.2) is 0 Å². The van der Waals surface area contributed by atoms with Gasteiger partial charge in [0.25, 0.3) is 0 Å². The van der Waals surface area contributed by atoms with E-state index in [-0.39, 0.29) is 18.2 Å². The summed E-state index contributed by atoms with van der Waals surface area (Å²) >= 11 is 0. The molecule has 1 aliphatic heterocycles. The summed E-state index contributed by atoms with van der Waals surface area (Å²) < 4.78 is 0. The Labute approximate surface area is 114 Å². The third kappa shape index (κ3) is 3.55. The van der Waals surface area contributed by atoms with Gasteiger partial charge in [0.05, 0.1) is 12.0 Å². The zero-order valence-electron chi connectivity index (χ0n) is 11.2. The Hall–Kier alpha value is -1.86. The quantitative estimate of drug-likeness (QED) is 0.823. The first-order valence-electron chi connectivity index (χ1n) is 6.61. The minimum absolute atomic E-state index is 0.0866. The van der Waals surface area contributed by atoms with E-state index in [1.54, 1.807) is 0 Å². The lowest BCUT2D eigenvalue weighted by atomic mass is 9.96. The largest absolute Gasteiger partial charge is 0.340 e. The Kier molecular flexibility index (Phi) is 4.53. The molecule has 19 heavy (non-hydrogen) atoms. The molecule has 0 N–H and O–H groups in total. The van der Waals surface area contributed by atoms with Crippen LogP contribution in [-0.4, -0.2) is 48.9 Å². The summed E-state index contributed by atoms with van der Waals surface area (Å²) in [7, 11) is 2.06. The molecule has 4 heteroatoms. The first-order chi connectivity index (χ1) is 9.20. The number of nitrogens with zero attached hydrogens (tertiary/aromatic N) is 3. The van der Waals surface area contributed by atoms with Crippen LogP contribution in [0.25, 0.3) is 0 Å². The van der Waals surface area contributed by atoms with Crippen molar-refractivity contribution in [3.63, 3.8) is 0 Å². The Balaban J connectivity index is 1.96. The third-order valence-corrected chi connectivity index (χ3v) is 3.59. The number of carbonyl (C=O) groups is 1. The summed E-state index contributed by atoms with van der Waals surface area (Å²) in [6, 6.07) is 11.8. The molecule has 1 amide bonds. The number of nitriles is 1. The number of likely N-dealkylation sites (N-methyl/N-ethyl adjacent to an activating group) is 1. The second kappa shape index (κ2) is 6.35. The van der Waals surface area contributed by atoms with Crippen LogP contribution in [0.4, 0.5) is 0 Å². The molecule has 2 rings (SSSR count). The maximum absolute atomic E-state index is 12.2. The molecular weight excluding hydrogens is 238 g/mol. The van der Waals surface area contributed by atoms with Gasteiger partial charge in [-0.3, -0.25) is 4.79 Å². The second-order valence-corrected chi connectivity index (χ2v) is 4.98. The summed E-state index contributed by atoms with van der Waals surface area (Å²) in [4.78, 5) is 16.3. The molecule has 1 unspecified atom stereocenters. The number of benzene rings is 1. The maximum Gasteiger partial charge on any atom is 0.224 e. The fourth-order valence-electron chi connectivity index (χ4n) is 2.28. The van der Waals surface area contributed by atoms with Crippen molar-refractivity contribution in [3.05, 3.63) is 35.9 Å². The molecule has 1 aromatic carbocycles. The third-order valence-electron chi connectivity index (χ3n) is 3.59. The van der Waals surface area contributed by atoms with Crippen molar-refractivity contribution < 1.29 is 4.79 Å². The van der Waals surface area contributed by atoms with E-state index in [4.69, 9.17) is 0 Å². The minimum Gasteiger partial charge on any atom is -0.340 e. The van der Waals surface area contributed by atoms with Crippen LogP contribution in [0.3, 0.4) is 0 Å². The highest BCUT2D eigenvalue weighted by Crippen LogP contribution is 2.20. The van der Waals surface area contributed by atoms with Gasteiger partial charge in [0.1, 0.15) is 0 Å². The summed E-state index contributed by atoms with van der Waals surface area (Å²) in [6.07, 6.45) is 0.282. The summed E-state index contributed by atoms with van der Waals surface area (Å²) in [5, 5.41) is 9.24. The van der Waals surface area contributed by atoms with Gasteiger partial charge in [-0.1, -0.05) is 30.3 Å². The van der Waals surface area contributed by atoms with Crippen LogP contribution in [0.5, 0.6) is 0 Å². The lowest BCUT2D eigenvalue weighted by molar-refractivity contribution is -0.132. The van der Waals surface area contributed by atoms with Gasteiger partial charge in [-0.05, 0) is 12.6 Å². The lowest BCUT2D eigenvalue weighted by Crippen LogP contribution is -2.47. The van der Waals surface area contributed by atoms with E-state index in [1.807, 2.05) is 35.2 Å². The number of amides is 1. The molecular formula is C15H19N3O. The molecule has 0 radical (unpaired) electrons. The average Bonchev–Trinajstić information content (AvgIpc) is 2.46. The highest BCUT2D eigenvalue weighted by atomic mass is 16.2. The zero-order valence-corrected chi connectivity index (χ0v) is 11.2. The second-order valence-electron chi connectivity index (χ2n) is 4.98. The molecule has 0 saturated carbocycles. The normalized spacial score (nSPS) is 17.8. The van der Waals surface area contributed by atoms with Crippen molar-refractivity contribution in [2.24, 2.45) is 0 Å². The van der Waals surface area contributed by atoms with Crippen LogP contribution in [-0.2, 0) is 4.79 Å². The predicted octanol–water partition coefficient (Wildman–Crippen LogP) is 1.46. The van der Waals surface area contributed by atoms with E-state index in [2.05, 4.69) is 18.0 Å². The molecule has 1 aromatic rings. The number of rotatable bonds is 3. The van der Waals surface area contributed by atoms with Gasteiger partial charge in [0.15, 0.2) is 0 Å². The zero-order chi connectivity index (χ0) is 13.7. The molecule has 1 atom stereocenters. The molecule has 0 aliphatic carbocycles. The van der Waals surface area contributed by atoms with Gasteiger partial charge in [-0.15, -0.1) is 0 Å². The van der Waals surface area contributed by atoms with E-state index in [1.165, 1.54) is 0 Å². The highest BCUT2D eigenvalue weighted by molar-refractivity contribution is 5.77. The predicted molar refractivity (Wildman–Crippen MR) is 73.5 cm³/mol. The van der Waals surface area contributed by atoms with Crippen molar-refractivity contribution in [1.29, 1.82) is 5.26 Å². The molecule has 1 heterocycles. The van der Waals surface area contributed by atoms with Gasteiger partial charge >= 0.3 is 0 Å². The van der Waals surface area contributed by atoms with Crippen LogP contribution in [0.2, 0.25) is 0 Å². The number of hydrogen-bond acceptors (Lipinski definition) is 3. The van der Waals surface area contributed by atoms with Crippen molar-refractivity contribution in [3.8, 4) is 6.07 Å². The van der Waals surface area contributed by atoms with E-state index in [9.17, 15) is 10.1 Å². The number of hydrogen-bond donors (Lipinski definition) is 0. The Morgan fingerprint density at radius 2 is 1.89 bits per heavy atom. The topological polar surface area (TPSA) is 47.3 Å². The molecule has 1 saturated heterocycles. The van der Waals surface area contributed by atoms with Crippen LogP contribution >= 0.6 is 0 Å². The average molecular weight is 257 g/mol. The van der Waals surface area contributed by atoms with Crippen molar-refractivity contribution in [1.82, 2.24) is 9.80 Å². The number of piperazine rings is 1. The first-order valence-corrected chi connectivity index (χ1v) is 6.61. The van der Waals surface area contributed by atoms with Gasteiger partial charge in [0.2, 0.25) is 5.91 Å².